The maximum Gasteiger partial charge on any atom is 0.349 e. The molecule has 116 valence electrons. The van der Waals surface area contributed by atoms with Gasteiger partial charge < -0.3 is 10.1 Å². The largest absolute Gasteiger partial charge is 0.448 e. The van der Waals surface area contributed by atoms with Gasteiger partial charge in [-0.1, -0.05) is 23.2 Å². The molecule has 0 saturated heterocycles. The number of hydrogen-bond donors (Lipinski definition) is 1. The molecule has 0 aliphatic rings. The fourth-order valence-corrected chi connectivity index (χ4v) is 2.82. The lowest BCUT2D eigenvalue weighted by molar-refractivity contribution is -0.123. The zero-order chi connectivity index (χ0) is 16.3. The summed E-state index contributed by atoms with van der Waals surface area (Å²) in [4.78, 5) is 24.5. The number of thiophene rings is 1. The van der Waals surface area contributed by atoms with Crippen LogP contribution in [0, 0.1) is 6.92 Å². The number of benzene rings is 1. The van der Waals surface area contributed by atoms with Crippen molar-refractivity contribution in [2.45, 2.75) is 20.0 Å². The predicted octanol–water partition coefficient (Wildman–Crippen LogP) is 4.55. The van der Waals surface area contributed by atoms with Crippen LogP contribution >= 0.6 is 34.5 Å². The predicted molar refractivity (Wildman–Crippen MR) is 89.0 cm³/mol. The highest BCUT2D eigenvalue weighted by Gasteiger charge is 2.21. The van der Waals surface area contributed by atoms with Crippen LogP contribution in [-0.2, 0) is 9.53 Å². The van der Waals surface area contributed by atoms with Crippen molar-refractivity contribution < 1.29 is 14.3 Å². The quantitative estimate of drug-likeness (QED) is 0.816. The minimum atomic E-state index is -0.955. The summed E-state index contributed by atoms with van der Waals surface area (Å²) in [5.41, 5.74) is 1.19. The summed E-state index contributed by atoms with van der Waals surface area (Å²) in [7, 11) is 0. The fraction of sp³-hybridized carbons (Fsp3) is 0.200. The molecule has 1 amide bonds. The van der Waals surface area contributed by atoms with Crippen molar-refractivity contribution in [3.8, 4) is 0 Å². The van der Waals surface area contributed by atoms with E-state index in [0.717, 1.165) is 5.56 Å². The molecular weight excluding hydrogens is 345 g/mol. The van der Waals surface area contributed by atoms with Crippen molar-refractivity contribution in [2.24, 2.45) is 0 Å². The van der Waals surface area contributed by atoms with E-state index in [0.29, 0.717) is 20.6 Å². The van der Waals surface area contributed by atoms with Crippen LogP contribution in [0.5, 0.6) is 0 Å². The Morgan fingerprint density at radius 2 is 2.00 bits per heavy atom. The minimum absolute atomic E-state index is 0.352. The second-order valence-electron chi connectivity index (χ2n) is 4.59. The Labute approximate surface area is 142 Å². The average Bonchev–Trinajstić information content (AvgIpc) is 2.89. The standard InChI is InChI=1S/C15H13Cl2NO3S/c1-8-5-6-22-13(8)15(20)21-9(2)14(19)18-12-7-10(16)3-4-11(12)17/h3-7,9H,1-2H3,(H,18,19)/t9-/m0/s1. The van der Waals surface area contributed by atoms with Gasteiger partial charge in [0.15, 0.2) is 6.10 Å². The van der Waals surface area contributed by atoms with E-state index in [1.807, 2.05) is 13.0 Å². The molecule has 0 aliphatic carbocycles. The van der Waals surface area contributed by atoms with Crippen LogP contribution in [0.1, 0.15) is 22.2 Å². The number of carbonyl (C=O) groups excluding carboxylic acids is 2. The Balaban J connectivity index is 2.02. The second kappa shape index (κ2) is 7.13. The molecule has 0 bridgehead atoms. The zero-order valence-corrected chi connectivity index (χ0v) is 14.2. The summed E-state index contributed by atoms with van der Waals surface area (Å²) in [5, 5.41) is 5.18. The molecule has 0 saturated carbocycles. The summed E-state index contributed by atoms with van der Waals surface area (Å²) in [5.74, 6) is -1.00. The number of aryl methyl sites for hydroxylation is 1. The highest BCUT2D eigenvalue weighted by atomic mass is 35.5. The Bertz CT molecular complexity index is 715. The number of rotatable bonds is 4. The number of anilines is 1. The summed E-state index contributed by atoms with van der Waals surface area (Å²) in [6, 6.07) is 6.53. The first-order valence-corrected chi connectivity index (χ1v) is 8.03. The summed E-state index contributed by atoms with van der Waals surface area (Å²) in [6.45, 7) is 3.30. The SMILES string of the molecule is Cc1ccsc1C(=O)O[C@@H](C)C(=O)Nc1cc(Cl)ccc1Cl. The van der Waals surface area contributed by atoms with E-state index in [4.69, 9.17) is 27.9 Å². The first-order valence-electron chi connectivity index (χ1n) is 6.39. The Morgan fingerprint density at radius 1 is 1.27 bits per heavy atom. The van der Waals surface area contributed by atoms with E-state index in [-0.39, 0.29) is 0 Å². The van der Waals surface area contributed by atoms with Crippen LogP contribution < -0.4 is 5.32 Å². The Kier molecular flexibility index (Phi) is 5.45. The van der Waals surface area contributed by atoms with Crippen LogP contribution in [0.4, 0.5) is 5.69 Å². The third kappa shape index (κ3) is 4.00. The molecule has 0 unspecified atom stereocenters. The molecule has 22 heavy (non-hydrogen) atoms. The van der Waals surface area contributed by atoms with Gasteiger partial charge in [0.2, 0.25) is 0 Å². The van der Waals surface area contributed by atoms with E-state index >= 15 is 0 Å². The maximum absolute atomic E-state index is 12.1. The van der Waals surface area contributed by atoms with Gasteiger partial charge in [0, 0.05) is 5.02 Å². The van der Waals surface area contributed by atoms with E-state index in [2.05, 4.69) is 5.32 Å². The van der Waals surface area contributed by atoms with Crippen molar-refractivity contribution >= 4 is 52.1 Å². The summed E-state index contributed by atoms with van der Waals surface area (Å²) in [6.07, 6.45) is -0.955. The second-order valence-corrected chi connectivity index (χ2v) is 6.35. The van der Waals surface area contributed by atoms with Gasteiger partial charge in [-0.3, -0.25) is 4.79 Å². The van der Waals surface area contributed by atoms with E-state index < -0.39 is 18.0 Å². The number of ether oxygens (including phenoxy) is 1. The molecule has 1 N–H and O–H groups in total. The monoisotopic (exact) mass is 357 g/mol. The van der Waals surface area contributed by atoms with E-state index in [1.165, 1.54) is 24.3 Å². The average molecular weight is 358 g/mol. The van der Waals surface area contributed by atoms with Crippen molar-refractivity contribution in [1.82, 2.24) is 0 Å². The van der Waals surface area contributed by atoms with Crippen molar-refractivity contribution in [3.63, 3.8) is 0 Å². The van der Waals surface area contributed by atoms with E-state index in [9.17, 15) is 9.59 Å². The number of amides is 1. The zero-order valence-electron chi connectivity index (χ0n) is 11.9. The van der Waals surface area contributed by atoms with Crippen LogP contribution in [-0.4, -0.2) is 18.0 Å². The Hall–Kier alpha value is -1.56. The van der Waals surface area contributed by atoms with Crippen LogP contribution in [0.3, 0.4) is 0 Å². The summed E-state index contributed by atoms with van der Waals surface area (Å²) >= 11 is 13.1. The van der Waals surface area contributed by atoms with Gasteiger partial charge >= 0.3 is 5.97 Å². The van der Waals surface area contributed by atoms with Gasteiger partial charge in [-0.25, -0.2) is 4.79 Å². The third-order valence-electron chi connectivity index (χ3n) is 2.89. The van der Waals surface area contributed by atoms with Gasteiger partial charge in [-0.2, -0.15) is 0 Å². The summed E-state index contributed by atoms with van der Waals surface area (Å²) < 4.78 is 5.16. The van der Waals surface area contributed by atoms with E-state index in [1.54, 1.807) is 17.5 Å². The fourth-order valence-electron chi connectivity index (χ4n) is 1.68. The van der Waals surface area contributed by atoms with Gasteiger partial charge in [0.05, 0.1) is 10.7 Å². The molecule has 1 heterocycles. The van der Waals surface area contributed by atoms with Crippen molar-refractivity contribution in [2.75, 3.05) is 5.32 Å². The smallest absolute Gasteiger partial charge is 0.349 e. The number of halogens is 2. The molecule has 4 nitrogen and oxygen atoms in total. The molecule has 0 spiro atoms. The number of esters is 1. The normalized spacial score (nSPS) is 11.8. The number of carbonyl (C=O) groups is 2. The highest BCUT2D eigenvalue weighted by Crippen LogP contribution is 2.25. The molecular formula is C15H13Cl2NO3S. The molecule has 2 rings (SSSR count). The molecule has 7 heteroatoms. The molecule has 1 aromatic heterocycles. The Morgan fingerprint density at radius 3 is 2.64 bits per heavy atom. The van der Waals surface area contributed by atoms with Crippen LogP contribution in [0.2, 0.25) is 10.0 Å². The third-order valence-corrected chi connectivity index (χ3v) is 4.45. The lowest BCUT2D eigenvalue weighted by atomic mass is 10.3. The number of nitrogens with one attached hydrogen (secondary N) is 1. The van der Waals surface area contributed by atoms with Gasteiger partial charge in [0.25, 0.3) is 5.91 Å². The molecule has 2 aromatic rings. The molecule has 0 aliphatic heterocycles. The van der Waals surface area contributed by atoms with Gasteiger partial charge in [-0.05, 0) is 49.1 Å². The highest BCUT2D eigenvalue weighted by molar-refractivity contribution is 7.12. The molecule has 0 radical (unpaired) electrons. The van der Waals surface area contributed by atoms with Crippen molar-refractivity contribution in [1.29, 1.82) is 0 Å². The molecule has 0 fully saturated rings. The topological polar surface area (TPSA) is 55.4 Å². The first-order chi connectivity index (χ1) is 10.4. The van der Waals surface area contributed by atoms with Crippen LogP contribution in [0.25, 0.3) is 0 Å². The molecule has 1 atom stereocenters. The maximum atomic E-state index is 12.1. The van der Waals surface area contributed by atoms with Gasteiger partial charge in [0.1, 0.15) is 4.88 Å². The molecule has 1 aromatic carbocycles. The van der Waals surface area contributed by atoms with Crippen molar-refractivity contribution in [3.05, 3.63) is 50.1 Å². The number of hydrogen-bond acceptors (Lipinski definition) is 4. The van der Waals surface area contributed by atoms with Crippen LogP contribution in [0.15, 0.2) is 29.6 Å². The lowest BCUT2D eigenvalue weighted by Crippen LogP contribution is -2.30. The van der Waals surface area contributed by atoms with Gasteiger partial charge in [-0.15, -0.1) is 11.3 Å². The first kappa shape index (κ1) is 16.8. The lowest BCUT2D eigenvalue weighted by Gasteiger charge is -2.14. The minimum Gasteiger partial charge on any atom is -0.448 e.